The summed E-state index contributed by atoms with van der Waals surface area (Å²) in [4.78, 5) is 13.6. The van der Waals surface area contributed by atoms with E-state index in [0.717, 1.165) is 12.3 Å². The zero-order valence-electron chi connectivity index (χ0n) is 8.90. The van der Waals surface area contributed by atoms with E-state index in [0.29, 0.717) is 11.3 Å². The van der Waals surface area contributed by atoms with Gasteiger partial charge in [-0.2, -0.15) is 11.8 Å². The molecular formula is C9H19ClN2OS. The minimum atomic E-state index is -0.363. The van der Waals surface area contributed by atoms with Crippen LogP contribution in [0.3, 0.4) is 0 Å². The molecule has 3 atom stereocenters. The van der Waals surface area contributed by atoms with Gasteiger partial charge in [0.15, 0.2) is 0 Å². The lowest BCUT2D eigenvalue weighted by Gasteiger charge is -2.38. The number of thioether (sulfide) groups is 1. The van der Waals surface area contributed by atoms with Crippen LogP contribution in [-0.2, 0) is 4.79 Å². The van der Waals surface area contributed by atoms with E-state index in [2.05, 4.69) is 13.8 Å². The topological polar surface area (TPSA) is 46.3 Å². The van der Waals surface area contributed by atoms with Crippen molar-refractivity contribution in [1.82, 2.24) is 4.90 Å². The van der Waals surface area contributed by atoms with Crippen molar-refractivity contribution < 1.29 is 4.79 Å². The molecule has 2 N–H and O–H groups in total. The second-order valence-electron chi connectivity index (χ2n) is 3.64. The molecule has 1 aliphatic heterocycles. The Morgan fingerprint density at radius 3 is 2.64 bits per heavy atom. The molecule has 1 rings (SSSR count). The van der Waals surface area contributed by atoms with Crippen LogP contribution in [0.25, 0.3) is 0 Å². The summed E-state index contributed by atoms with van der Waals surface area (Å²) in [6.45, 7) is 6.85. The third-order valence-electron chi connectivity index (χ3n) is 2.56. The Morgan fingerprint density at radius 2 is 2.14 bits per heavy atom. The highest BCUT2D eigenvalue weighted by molar-refractivity contribution is 8.00. The molecule has 0 aliphatic carbocycles. The SMILES string of the molecule is CC1SCCN(C(=O)[C@H](C)N)C1C.Cl. The molecule has 14 heavy (non-hydrogen) atoms. The Bertz CT molecular complexity index is 201. The highest BCUT2D eigenvalue weighted by atomic mass is 35.5. The lowest BCUT2D eigenvalue weighted by molar-refractivity contribution is -0.134. The Morgan fingerprint density at radius 1 is 1.57 bits per heavy atom. The summed E-state index contributed by atoms with van der Waals surface area (Å²) in [6.07, 6.45) is 0. The normalized spacial score (nSPS) is 29.3. The predicted octanol–water partition coefficient (Wildman–Crippen LogP) is 1.11. The Labute approximate surface area is 96.2 Å². The number of rotatable bonds is 1. The number of nitrogens with two attached hydrogens (primary N) is 1. The molecule has 5 heteroatoms. The van der Waals surface area contributed by atoms with Crippen molar-refractivity contribution in [2.45, 2.75) is 38.1 Å². The van der Waals surface area contributed by atoms with Gasteiger partial charge in [-0.05, 0) is 13.8 Å². The van der Waals surface area contributed by atoms with Crippen LogP contribution in [0.4, 0.5) is 0 Å². The molecular weight excluding hydrogens is 220 g/mol. The molecule has 1 heterocycles. The molecule has 1 saturated heterocycles. The molecule has 1 amide bonds. The van der Waals surface area contributed by atoms with Gasteiger partial charge in [0.1, 0.15) is 0 Å². The Balaban J connectivity index is 0.00000169. The maximum atomic E-state index is 11.6. The molecule has 0 aromatic rings. The van der Waals surface area contributed by atoms with Crippen LogP contribution in [0, 0.1) is 0 Å². The average molecular weight is 239 g/mol. The Kier molecular flexibility index (Phi) is 5.86. The molecule has 84 valence electrons. The second-order valence-corrected chi connectivity index (χ2v) is 5.12. The molecule has 3 nitrogen and oxygen atoms in total. The first kappa shape index (κ1) is 14.1. The van der Waals surface area contributed by atoms with Gasteiger partial charge in [-0.25, -0.2) is 0 Å². The van der Waals surface area contributed by atoms with E-state index in [9.17, 15) is 4.79 Å². The molecule has 1 aliphatic rings. The summed E-state index contributed by atoms with van der Waals surface area (Å²) in [5, 5.41) is 0.524. The molecule has 0 bridgehead atoms. The van der Waals surface area contributed by atoms with Crippen molar-refractivity contribution >= 4 is 30.1 Å². The summed E-state index contributed by atoms with van der Waals surface area (Å²) in [5.74, 6) is 1.11. The van der Waals surface area contributed by atoms with Gasteiger partial charge in [-0.1, -0.05) is 6.92 Å². The van der Waals surface area contributed by atoms with Crippen LogP contribution in [0.1, 0.15) is 20.8 Å². The quantitative estimate of drug-likeness (QED) is 0.745. The fraction of sp³-hybridized carbons (Fsp3) is 0.889. The summed E-state index contributed by atoms with van der Waals surface area (Å²) >= 11 is 1.92. The fourth-order valence-corrected chi connectivity index (χ4v) is 2.61. The largest absolute Gasteiger partial charge is 0.337 e. The molecule has 0 aromatic carbocycles. The van der Waals surface area contributed by atoms with Crippen molar-refractivity contribution in [3.63, 3.8) is 0 Å². The van der Waals surface area contributed by atoms with Crippen molar-refractivity contribution in [2.75, 3.05) is 12.3 Å². The number of carbonyl (C=O) groups excluding carboxylic acids is 1. The molecule has 0 radical (unpaired) electrons. The molecule has 0 aromatic heterocycles. The fourth-order valence-electron chi connectivity index (χ4n) is 1.51. The van der Waals surface area contributed by atoms with Crippen LogP contribution in [-0.4, -0.2) is 40.4 Å². The first-order chi connectivity index (χ1) is 6.04. The summed E-state index contributed by atoms with van der Waals surface area (Å²) in [7, 11) is 0. The average Bonchev–Trinajstić information content (AvgIpc) is 2.08. The van der Waals surface area contributed by atoms with Crippen molar-refractivity contribution in [3.05, 3.63) is 0 Å². The standard InChI is InChI=1S/C9H18N2OS.ClH/c1-6(10)9(12)11-4-5-13-8(3)7(11)2;/h6-8H,4-5,10H2,1-3H3;1H/t6-,7?,8?;/m0./s1. The van der Waals surface area contributed by atoms with Crippen LogP contribution in [0.15, 0.2) is 0 Å². The Hall–Kier alpha value is 0.0700. The van der Waals surface area contributed by atoms with E-state index in [1.54, 1.807) is 6.92 Å². The third kappa shape index (κ3) is 3.04. The predicted molar refractivity (Wildman–Crippen MR) is 64.0 cm³/mol. The summed E-state index contributed by atoms with van der Waals surface area (Å²) < 4.78 is 0. The van der Waals surface area contributed by atoms with Crippen LogP contribution >= 0.6 is 24.2 Å². The van der Waals surface area contributed by atoms with E-state index in [4.69, 9.17) is 5.73 Å². The van der Waals surface area contributed by atoms with Gasteiger partial charge >= 0.3 is 0 Å². The third-order valence-corrected chi connectivity index (χ3v) is 3.89. The number of hydrogen-bond donors (Lipinski definition) is 1. The molecule has 1 fully saturated rings. The van der Waals surface area contributed by atoms with Crippen molar-refractivity contribution in [1.29, 1.82) is 0 Å². The van der Waals surface area contributed by atoms with E-state index >= 15 is 0 Å². The molecule has 0 spiro atoms. The first-order valence-electron chi connectivity index (χ1n) is 4.71. The van der Waals surface area contributed by atoms with Crippen LogP contribution in [0.2, 0.25) is 0 Å². The highest BCUT2D eigenvalue weighted by Gasteiger charge is 2.29. The maximum Gasteiger partial charge on any atom is 0.239 e. The van der Waals surface area contributed by atoms with E-state index in [-0.39, 0.29) is 24.4 Å². The summed E-state index contributed by atoms with van der Waals surface area (Å²) in [6, 6.07) is -0.0463. The summed E-state index contributed by atoms with van der Waals surface area (Å²) in [5.41, 5.74) is 5.58. The van der Waals surface area contributed by atoms with E-state index < -0.39 is 0 Å². The van der Waals surface area contributed by atoms with Gasteiger partial charge in [0.05, 0.1) is 6.04 Å². The number of hydrogen-bond acceptors (Lipinski definition) is 3. The molecule has 0 saturated carbocycles. The number of halogens is 1. The van der Waals surface area contributed by atoms with E-state index in [1.807, 2.05) is 16.7 Å². The monoisotopic (exact) mass is 238 g/mol. The van der Waals surface area contributed by atoms with Crippen LogP contribution in [0.5, 0.6) is 0 Å². The van der Waals surface area contributed by atoms with E-state index in [1.165, 1.54) is 0 Å². The van der Waals surface area contributed by atoms with Crippen molar-refractivity contribution in [3.8, 4) is 0 Å². The maximum absolute atomic E-state index is 11.6. The molecule has 2 unspecified atom stereocenters. The highest BCUT2D eigenvalue weighted by Crippen LogP contribution is 2.24. The van der Waals surface area contributed by atoms with Gasteiger partial charge in [0.25, 0.3) is 0 Å². The lowest BCUT2D eigenvalue weighted by Crippen LogP contribution is -2.52. The van der Waals surface area contributed by atoms with Gasteiger partial charge in [-0.3, -0.25) is 4.79 Å². The number of nitrogens with zero attached hydrogens (tertiary/aromatic N) is 1. The van der Waals surface area contributed by atoms with Gasteiger partial charge in [0.2, 0.25) is 5.91 Å². The minimum absolute atomic E-state index is 0. The number of amides is 1. The zero-order chi connectivity index (χ0) is 10.0. The van der Waals surface area contributed by atoms with Gasteiger partial charge in [-0.15, -0.1) is 12.4 Å². The smallest absolute Gasteiger partial charge is 0.239 e. The minimum Gasteiger partial charge on any atom is -0.337 e. The lowest BCUT2D eigenvalue weighted by atomic mass is 10.2. The number of carbonyl (C=O) groups is 1. The van der Waals surface area contributed by atoms with Crippen LogP contribution < -0.4 is 5.73 Å². The second kappa shape index (κ2) is 5.83. The van der Waals surface area contributed by atoms with Gasteiger partial charge < -0.3 is 10.6 Å². The first-order valence-corrected chi connectivity index (χ1v) is 5.76. The zero-order valence-corrected chi connectivity index (χ0v) is 10.5. The van der Waals surface area contributed by atoms with Gasteiger partial charge in [0, 0.05) is 23.6 Å². The van der Waals surface area contributed by atoms with Crippen molar-refractivity contribution in [2.24, 2.45) is 5.73 Å².